The van der Waals surface area contributed by atoms with Gasteiger partial charge in [0.05, 0.1) is 40.3 Å². The van der Waals surface area contributed by atoms with E-state index in [9.17, 15) is 19.8 Å². The number of carbonyl (C=O) groups excluding carboxylic acids is 2. The summed E-state index contributed by atoms with van der Waals surface area (Å²) in [4.78, 5) is 23.2. The smallest absolute Gasteiger partial charge is 0.305 e. The number of aliphatic hydroxyl groups is 1. The molecule has 0 aromatic carbocycles. The molecule has 0 saturated heterocycles. The predicted molar refractivity (Wildman–Crippen MR) is 223 cm³/mol. The van der Waals surface area contributed by atoms with Gasteiger partial charge in [0.15, 0.2) is 6.29 Å². The topological polar surface area (TPSA) is 105 Å². The highest BCUT2D eigenvalue weighted by molar-refractivity contribution is 5.69. The summed E-state index contributed by atoms with van der Waals surface area (Å²) >= 11 is 0. The Hall–Kier alpha value is -1.74. The summed E-state index contributed by atoms with van der Waals surface area (Å²) in [5, 5.41) is 21.2. The highest BCUT2D eigenvalue weighted by Crippen LogP contribution is 2.16. The molecule has 0 rings (SSSR count). The van der Waals surface area contributed by atoms with E-state index < -0.39 is 18.4 Å². The van der Waals surface area contributed by atoms with E-state index in [0.717, 1.165) is 25.7 Å². The molecule has 2 atom stereocenters. The highest BCUT2D eigenvalue weighted by atomic mass is 16.7. The molecule has 8 heteroatoms. The molecule has 0 bridgehead atoms. The molecule has 0 amide bonds. The van der Waals surface area contributed by atoms with Crippen LogP contribution in [0.25, 0.3) is 0 Å². The third-order valence-corrected chi connectivity index (χ3v) is 9.93. The molecule has 0 aliphatic rings. The molecular formula is C46H87NO7. The van der Waals surface area contributed by atoms with E-state index in [2.05, 4.69) is 31.2 Å². The van der Waals surface area contributed by atoms with Crippen molar-refractivity contribution < 1.29 is 38.5 Å². The van der Waals surface area contributed by atoms with Gasteiger partial charge in [-0.3, -0.25) is 4.79 Å². The second-order valence-electron chi connectivity index (χ2n) is 16.6. The van der Waals surface area contributed by atoms with E-state index in [1.165, 1.54) is 161 Å². The lowest BCUT2D eigenvalue weighted by atomic mass is 10.0. The van der Waals surface area contributed by atoms with Crippen molar-refractivity contribution in [2.45, 2.75) is 212 Å². The molecule has 0 fully saturated rings. The van der Waals surface area contributed by atoms with E-state index in [4.69, 9.17) is 14.2 Å². The normalized spacial score (nSPS) is 13.3. The van der Waals surface area contributed by atoms with Crippen LogP contribution in [0.3, 0.4) is 0 Å². The Bertz CT molecular complexity index is 885. The van der Waals surface area contributed by atoms with Crippen LogP contribution in [0.15, 0.2) is 24.3 Å². The van der Waals surface area contributed by atoms with E-state index >= 15 is 0 Å². The zero-order chi connectivity index (χ0) is 39.8. The second kappa shape index (κ2) is 39.5. The van der Waals surface area contributed by atoms with Gasteiger partial charge in [0, 0.05) is 6.42 Å². The Labute approximate surface area is 333 Å². The Kier molecular flexibility index (Phi) is 38.2. The van der Waals surface area contributed by atoms with Gasteiger partial charge in [-0.25, -0.2) is 0 Å². The zero-order valence-electron chi connectivity index (χ0n) is 35.8. The number of aliphatic hydroxyl groups excluding tert-OH is 1. The van der Waals surface area contributed by atoms with Crippen LogP contribution in [-0.2, 0) is 23.8 Å². The molecule has 2 unspecified atom stereocenters. The van der Waals surface area contributed by atoms with Crippen molar-refractivity contribution in [1.29, 1.82) is 0 Å². The van der Waals surface area contributed by atoms with Crippen LogP contribution in [0.2, 0.25) is 0 Å². The van der Waals surface area contributed by atoms with Crippen LogP contribution in [-0.4, -0.2) is 81.4 Å². The quantitative estimate of drug-likeness (QED) is 0.0217. The van der Waals surface area contributed by atoms with Crippen molar-refractivity contribution in [3.63, 3.8) is 0 Å². The summed E-state index contributed by atoms with van der Waals surface area (Å²) < 4.78 is 16.0. The molecule has 318 valence electrons. The number of quaternary nitrogens is 1. The monoisotopic (exact) mass is 766 g/mol. The summed E-state index contributed by atoms with van der Waals surface area (Å²) in [5.41, 5.74) is 0. The number of carbonyl (C=O) groups is 2. The first-order chi connectivity index (χ1) is 26.2. The van der Waals surface area contributed by atoms with Crippen LogP contribution in [0.1, 0.15) is 200 Å². The van der Waals surface area contributed by atoms with Crippen molar-refractivity contribution >= 4 is 11.9 Å². The maximum Gasteiger partial charge on any atom is 0.305 e. The zero-order valence-corrected chi connectivity index (χ0v) is 35.8. The molecule has 0 aromatic heterocycles. The number of carboxylic acids is 1. The molecule has 0 aromatic rings. The SMILES string of the molecule is CCCCCCC/C=C\C/C=C\CCCCCCCCCCCCCCCCCCCCCCCC(=O)OCC(O)COC(OCC[N+](C)(C)C)C(=O)[O-]. The lowest BCUT2D eigenvalue weighted by Crippen LogP contribution is -2.44. The summed E-state index contributed by atoms with van der Waals surface area (Å²) in [6.45, 7) is 2.47. The number of rotatable bonds is 42. The van der Waals surface area contributed by atoms with Gasteiger partial charge in [0.25, 0.3) is 0 Å². The summed E-state index contributed by atoms with van der Waals surface area (Å²) in [5.74, 6) is -1.86. The van der Waals surface area contributed by atoms with Crippen LogP contribution in [0, 0.1) is 0 Å². The maximum absolute atomic E-state index is 12.0. The van der Waals surface area contributed by atoms with Crippen molar-refractivity contribution in [2.24, 2.45) is 0 Å². The summed E-state index contributed by atoms with van der Waals surface area (Å²) in [6, 6.07) is 0. The van der Waals surface area contributed by atoms with Gasteiger partial charge >= 0.3 is 5.97 Å². The van der Waals surface area contributed by atoms with Crippen molar-refractivity contribution in [3.8, 4) is 0 Å². The number of unbranched alkanes of at least 4 members (excludes halogenated alkanes) is 26. The molecule has 0 radical (unpaired) electrons. The minimum Gasteiger partial charge on any atom is -0.545 e. The van der Waals surface area contributed by atoms with Gasteiger partial charge in [-0.15, -0.1) is 0 Å². The molecule has 8 nitrogen and oxygen atoms in total. The molecule has 0 heterocycles. The highest BCUT2D eigenvalue weighted by Gasteiger charge is 2.17. The Balaban J connectivity index is 3.38. The van der Waals surface area contributed by atoms with Crippen molar-refractivity contribution in [2.75, 3.05) is 47.5 Å². The van der Waals surface area contributed by atoms with E-state index in [-0.39, 0.29) is 25.8 Å². The van der Waals surface area contributed by atoms with Crippen LogP contribution in [0.4, 0.5) is 0 Å². The lowest BCUT2D eigenvalue weighted by Gasteiger charge is -2.26. The number of carboxylic acid groups (broad SMARTS) is 1. The van der Waals surface area contributed by atoms with Crippen LogP contribution < -0.4 is 5.11 Å². The summed E-state index contributed by atoms with van der Waals surface area (Å²) in [7, 11) is 5.88. The largest absolute Gasteiger partial charge is 0.545 e. The average molecular weight is 766 g/mol. The number of aliphatic carboxylic acids is 1. The van der Waals surface area contributed by atoms with Crippen molar-refractivity contribution in [1.82, 2.24) is 0 Å². The second-order valence-corrected chi connectivity index (χ2v) is 16.6. The molecule has 54 heavy (non-hydrogen) atoms. The first-order valence-electron chi connectivity index (χ1n) is 22.5. The third kappa shape index (κ3) is 41.4. The fraction of sp³-hybridized carbons (Fsp3) is 0.870. The predicted octanol–water partition coefficient (Wildman–Crippen LogP) is 10.5. The fourth-order valence-electron chi connectivity index (χ4n) is 6.39. The maximum atomic E-state index is 12.0. The van der Waals surface area contributed by atoms with E-state index in [1.54, 1.807) is 0 Å². The number of allylic oxidation sites excluding steroid dienone is 4. The number of hydrogen-bond donors (Lipinski definition) is 1. The van der Waals surface area contributed by atoms with Gasteiger partial charge in [0.1, 0.15) is 19.3 Å². The number of hydrogen-bond acceptors (Lipinski definition) is 7. The first-order valence-corrected chi connectivity index (χ1v) is 22.5. The standard InChI is InChI=1S/C46H87NO7/c1-5-6-7-8-9-10-11-12-13-14-15-16-17-18-19-20-21-22-23-24-25-26-27-28-29-30-31-32-33-34-35-36-37-38-44(49)53-41-43(48)42-54-46(45(50)51)52-40-39-47(2,3)4/h11-12,14-15,43,46,48H,5-10,13,16-42H2,1-4H3/b12-11-,15-14-. The molecule has 0 saturated carbocycles. The number of esters is 1. The Morgan fingerprint density at radius 2 is 0.981 bits per heavy atom. The van der Waals surface area contributed by atoms with Gasteiger partial charge in [0.2, 0.25) is 0 Å². The number of nitrogens with zero attached hydrogens (tertiary/aromatic N) is 1. The Morgan fingerprint density at radius 3 is 1.39 bits per heavy atom. The fourth-order valence-corrected chi connectivity index (χ4v) is 6.39. The van der Waals surface area contributed by atoms with Gasteiger partial charge in [-0.05, 0) is 38.5 Å². The minimum atomic E-state index is -1.57. The van der Waals surface area contributed by atoms with E-state index in [0.29, 0.717) is 17.4 Å². The first kappa shape index (κ1) is 52.3. The molecule has 0 spiro atoms. The summed E-state index contributed by atoms with van der Waals surface area (Å²) in [6.07, 6.45) is 45.1. The molecular weight excluding hydrogens is 679 g/mol. The molecule has 0 aliphatic heterocycles. The average Bonchev–Trinajstić information content (AvgIpc) is 3.13. The van der Waals surface area contributed by atoms with Crippen LogP contribution >= 0.6 is 0 Å². The van der Waals surface area contributed by atoms with Gasteiger partial charge in [-0.1, -0.05) is 179 Å². The number of likely N-dealkylation sites (N-methyl/N-ethyl adjacent to an activating group) is 1. The Morgan fingerprint density at radius 1 is 0.574 bits per heavy atom. The third-order valence-electron chi connectivity index (χ3n) is 9.93. The van der Waals surface area contributed by atoms with E-state index in [1.807, 2.05) is 21.1 Å². The van der Waals surface area contributed by atoms with Crippen molar-refractivity contribution in [3.05, 3.63) is 24.3 Å². The minimum absolute atomic E-state index is 0.172. The van der Waals surface area contributed by atoms with Gasteiger partial charge < -0.3 is 33.7 Å². The van der Waals surface area contributed by atoms with Crippen LogP contribution in [0.5, 0.6) is 0 Å². The number of ether oxygens (including phenoxy) is 3. The van der Waals surface area contributed by atoms with Gasteiger partial charge in [-0.2, -0.15) is 0 Å². The molecule has 0 aliphatic carbocycles. The molecule has 1 N–H and O–H groups in total. The lowest BCUT2D eigenvalue weighted by molar-refractivity contribution is -0.870.